The van der Waals surface area contributed by atoms with Crippen LogP contribution in [-0.2, 0) is 4.74 Å². The van der Waals surface area contributed by atoms with Crippen molar-refractivity contribution < 1.29 is 25.2 Å². The molecule has 1 saturated heterocycles. The Morgan fingerprint density at radius 3 is 1.87 bits per heavy atom. The van der Waals surface area contributed by atoms with Crippen LogP contribution in [0.1, 0.15) is 88.0 Å². The molecule has 246 valence electrons. The molecule has 3 fully saturated rings. The molecule has 0 radical (unpaired) electrons. The first kappa shape index (κ1) is 36.7. The van der Waals surface area contributed by atoms with Crippen LogP contribution in [0, 0.1) is 10.8 Å². The van der Waals surface area contributed by atoms with Gasteiger partial charge in [0.15, 0.2) is 0 Å². The van der Waals surface area contributed by atoms with Crippen molar-refractivity contribution in [3.05, 3.63) is 113 Å². The average Bonchev–Trinajstić information content (AvgIpc) is 3.52. The third kappa shape index (κ3) is 9.16. The van der Waals surface area contributed by atoms with Crippen molar-refractivity contribution in [3.63, 3.8) is 0 Å². The first-order chi connectivity index (χ1) is 20.9. The van der Waals surface area contributed by atoms with Gasteiger partial charge in [-0.3, -0.25) is 0 Å². The molecule has 5 atom stereocenters. The Kier molecular flexibility index (Phi) is 11.7. The van der Waals surface area contributed by atoms with Gasteiger partial charge in [0, 0.05) is 23.8 Å². The molecule has 3 rings (SSSR count). The average molecular weight is 617 g/mol. The number of allylic oxidation sites excluding steroid dienone is 13. The van der Waals surface area contributed by atoms with Crippen LogP contribution in [0.3, 0.4) is 0 Å². The number of aliphatic hydroxyl groups is 4. The van der Waals surface area contributed by atoms with Crippen molar-refractivity contribution in [2.45, 2.75) is 117 Å². The molecule has 1 heterocycles. The topological polar surface area (TPSA) is 93.5 Å². The SMILES string of the molecule is CC(C=C=C1C(C)(C)CC(O)CC1(C)O)=CC=CC(C)=CC=CC=C(C)C=CC=C(C=CC12OC1(C)CC(O)CC2(C)C)CO. The van der Waals surface area contributed by atoms with Gasteiger partial charge in [-0.15, -0.1) is 5.73 Å². The van der Waals surface area contributed by atoms with E-state index < -0.39 is 17.3 Å². The van der Waals surface area contributed by atoms with Crippen molar-refractivity contribution in [1.29, 1.82) is 0 Å². The van der Waals surface area contributed by atoms with Crippen molar-refractivity contribution in [2.75, 3.05) is 6.61 Å². The van der Waals surface area contributed by atoms with Crippen molar-refractivity contribution in [3.8, 4) is 0 Å². The number of rotatable bonds is 10. The van der Waals surface area contributed by atoms with Gasteiger partial charge in [0.2, 0.25) is 0 Å². The van der Waals surface area contributed by atoms with Crippen LogP contribution in [0.5, 0.6) is 0 Å². The predicted octanol–water partition coefficient (Wildman–Crippen LogP) is 7.69. The maximum Gasteiger partial charge on any atom is 0.121 e. The minimum Gasteiger partial charge on any atom is -0.393 e. The maximum atomic E-state index is 10.9. The highest BCUT2D eigenvalue weighted by Crippen LogP contribution is 2.66. The summed E-state index contributed by atoms with van der Waals surface area (Å²) in [5.41, 5.74) is 5.84. The zero-order chi connectivity index (χ0) is 33.7. The van der Waals surface area contributed by atoms with Gasteiger partial charge in [-0.25, -0.2) is 0 Å². The monoisotopic (exact) mass is 616 g/mol. The summed E-state index contributed by atoms with van der Waals surface area (Å²) < 4.78 is 6.20. The highest BCUT2D eigenvalue weighted by molar-refractivity contribution is 5.38. The molecule has 4 N–H and O–H groups in total. The molecular formula is C40H56O5. The van der Waals surface area contributed by atoms with Crippen molar-refractivity contribution in [2.24, 2.45) is 10.8 Å². The van der Waals surface area contributed by atoms with Gasteiger partial charge in [-0.1, -0.05) is 106 Å². The van der Waals surface area contributed by atoms with Gasteiger partial charge in [-0.2, -0.15) is 0 Å². The second-order valence-electron chi connectivity index (χ2n) is 15.0. The van der Waals surface area contributed by atoms with Gasteiger partial charge in [0.25, 0.3) is 0 Å². The zero-order valence-corrected chi connectivity index (χ0v) is 28.9. The van der Waals surface area contributed by atoms with Crippen LogP contribution in [0.15, 0.2) is 113 Å². The fraction of sp³-hybridized carbons (Fsp3) is 0.525. The van der Waals surface area contributed by atoms with E-state index in [1.807, 2.05) is 108 Å². The molecule has 0 amide bonds. The lowest BCUT2D eigenvalue weighted by atomic mass is 9.63. The molecule has 5 heteroatoms. The summed E-state index contributed by atoms with van der Waals surface area (Å²) in [4.78, 5) is 0. The fourth-order valence-corrected chi connectivity index (χ4v) is 7.30. The summed E-state index contributed by atoms with van der Waals surface area (Å²) in [6, 6.07) is 0. The predicted molar refractivity (Wildman–Crippen MR) is 185 cm³/mol. The van der Waals surface area contributed by atoms with Crippen molar-refractivity contribution >= 4 is 0 Å². The Hall–Kier alpha value is -2.76. The van der Waals surface area contributed by atoms with Crippen LogP contribution < -0.4 is 0 Å². The van der Waals surface area contributed by atoms with Crippen LogP contribution in [0.2, 0.25) is 0 Å². The van der Waals surface area contributed by atoms with Crippen LogP contribution >= 0.6 is 0 Å². The number of aliphatic hydroxyl groups excluding tert-OH is 3. The molecule has 5 unspecified atom stereocenters. The molecule has 45 heavy (non-hydrogen) atoms. The fourth-order valence-electron chi connectivity index (χ4n) is 7.30. The van der Waals surface area contributed by atoms with Gasteiger partial charge in [0.1, 0.15) is 11.2 Å². The lowest BCUT2D eigenvalue weighted by Crippen LogP contribution is -2.46. The van der Waals surface area contributed by atoms with Gasteiger partial charge in [-0.05, 0) is 76.2 Å². The van der Waals surface area contributed by atoms with E-state index in [1.54, 1.807) is 6.92 Å². The van der Waals surface area contributed by atoms with Gasteiger partial charge in [0.05, 0.1) is 24.4 Å². The van der Waals surface area contributed by atoms with Gasteiger partial charge < -0.3 is 25.2 Å². The second kappa shape index (κ2) is 14.3. The van der Waals surface area contributed by atoms with E-state index in [0.29, 0.717) is 25.7 Å². The molecule has 5 nitrogen and oxygen atoms in total. The molecular weight excluding hydrogens is 560 g/mol. The lowest BCUT2D eigenvalue weighted by Gasteiger charge is -2.43. The first-order valence-electron chi connectivity index (χ1n) is 16.2. The van der Waals surface area contributed by atoms with E-state index in [2.05, 4.69) is 32.6 Å². The maximum absolute atomic E-state index is 10.9. The Bertz CT molecular complexity index is 1380. The third-order valence-electron chi connectivity index (χ3n) is 9.48. The molecule has 2 aliphatic carbocycles. The minimum atomic E-state index is -1.06. The highest BCUT2D eigenvalue weighted by atomic mass is 16.6. The molecule has 0 bridgehead atoms. The molecule has 3 aliphatic rings. The standard InChI is InChI=1S/C40H56O5/c1-29(16-12-17-31(3)20-21-35-36(4,5)24-33(42)26-38(35,8)44)14-10-11-15-30(2)18-13-19-32(28-41)22-23-40-37(6,7)25-34(43)27-39(40,9)45-40/h10-20,22-23,33-34,41-44H,24-28H2,1-9H3. The van der Waals surface area contributed by atoms with E-state index in [-0.39, 0.29) is 29.1 Å². The smallest absolute Gasteiger partial charge is 0.121 e. The molecule has 0 aromatic heterocycles. The van der Waals surface area contributed by atoms with Gasteiger partial charge >= 0.3 is 0 Å². The highest BCUT2D eigenvalue weighted by Gasteiger charge is 2.74. The van der Waals surface area contributed by atoms with E-state index in [1.165, 1.54) is 0 Å². The first-order valence-corrected chi connectivity index (χ1v) is 16.2. The second-order valence-corrected chi connectivity index (χ2v) is 15.0. The zero-order valence-electron chi connectivity index (χ0n) is 28.9. The van der Waals surface area contributed by atoms with E-state index in [0.717, 1.165) is 27.9 Å². The van der Waals surface area contributed by atoms with Crippen molar-refractivity contribution in [1.82, 2.24) is 0 Å². The van der Waals surface area contributed by atoms with E-state index in [9.17, 15) is 20.4 Å². The molecule has 0 aromatic rings. The van der Waals surface area contributed by atoms with Crippen LogP contribution in [0.4, 0.5) is 0 Å². The number of ether oxygens (including phenoxy) is 1. The summed E-state index contributed by atoms with van der Waals surface area (Å²) in [5.74, 6) is 0. The van der Waals surface area contributed by atoms with Crippen LogP contribution in [0.25, 0.3) is 0 Å². The molecule has 0 aromatic carbocycles. The molecule has 1 aliphatic heterocycles. The Labute approximate surface area is 271 Å². The quantitative estimate of drug-likeness (QED) is 0.115. The molecule has 2 saturated carbocycles. The van der Waals surface area contributed by atoms with E-state index >= 15 is 0 Å². The van der Waals surface area contributed by atoms with E-state index in [4.69, 9.17) is 4.74 Å². The minimum absolute atomic E-state index is 0.0645. The summed E-state index contributed by atoms with van der Waals surface area (Å²) in [7, 11) is 0. The normalized spacial score (nSPS) is 34.2. The number of epoxide rings is 1. The number of hydrogen-bond donors (Lipinski definition) is 4. The summed E-state index contributed by atoms with van der Waals surface area (Å²) in [6.45, 7) is 18.2. The Morgan fingerprint density at radius 2 is 1.31 bits per heavy atom. The number of hydrogen-bond acceptors (Lipinski definition) is 5. The third-order valence-corrected chi connectivity index (χ3v) is 9.48. The summed E-state index contributed by atoms with van der Waals surface area (Å²) in [5, 5.41) is 41.1. The largest absolute Gasteiger partial charge is 0.393 e. The summed E-state index contributed by atoms with van der Waals surface area (Å²) >= 11 is 0. The number of fused-ring (bicyclic) bond motifs is 1. The Morgan fingerprint density at radius 1 is 0.756 bits per heavy atom. The lowest BCUT2D eigenvalue weighted by molar-refractivity contribution is -0.0268. The molecule has 0 spiro atoms. The van der Waals surface area contributed by atoms with Crippen LogP contribution in [-0.4, -0.2) is 56.0 Å². The Balaban J connectivity index is 1.56. The summed E-state index contributed by atoms with van der Waals surface area (Å²) in [6.07, 6.45) is 27.4.